The molecular formula is C17H19Cl2NO. The topological polar surface area (TPSA) is 21.3 Å². The first-order valence-electron chi connectivity index (χ1n) is 6.98. The van der Waals surface area contributed by atoms with Gasteiger partial charge in [-0.2, -0.15) is 0 Å². The van der Waals surface area contributed by atoms with Crippen molar-refractivity contribution in [2.24, 2.45) is 0 Å². The van der Waals surface area contributed by atoms with E-state index >= 15 is 0 Å². The van der Waals surface area contributed by atoms with Crippen molar-refractivity contribution >= 4 is 23.2 Å². The van der Waals surface area contributed by atoms with Crippen molar-refractivity contribution in [3.05, 3.63) is 52.0 Å². The van der Waals surface area contributed by atoms with E-state index in [1.165, 1.54) is 0 Å². The van der Waals surface area contributed by atoms with Crippen LogP contribution < -0.4 is 10.1 Å². The SMILES string of the molecule is CCCNCc1cc(OC)ccc1-c1ccc(Cl)cc1Cl. The van der Waals surface area contributed by atoms with Crippen LogP contribution in [0.5, 0.6) is 5.75 Å². The molecule has 0 amide bonds. The van der Waals surface area contributed by atoms with Crippen molar-refractivity contribution in [1.29, 1.82) is 0 Å². The monoisotopic (exact) mass is 323 g/mol. The fraction of sp³-hybridized carbons (Fsp3) is 0.294. The lowest BCUT2D eigenvalue weighted by Gasteiger charge is -2.14. The van der Waals surface area contributed by atoms with E-state index in [4.69, 9.17) is 27.9 Å². The van der Waals surface area contributed by atoms with Gasteiger partial charge in [0.15, 0.2) is 0 Å². The standard InChI is InChI=1S/C17H19Cl2NO/c1-3-8-20-11-12-9-14(21-2)5-7-15(12)16-6-4-13(18)10-17(16)19/h4-7,9-10,20H,3,8,11H2,1-2H3. The number of methoxy groups -OCH3 is 1. The molecule has 0 unspecified atom stereocenters. The Morgan fingerprint density at radius 1 is 1.05 bits per heavy atom. The van der Waals surface area contributed by atoms with Gasteiger partial charge in [-0.15, -0.1) is 0 Å². The molecule has 0 radical (unpaired) electrons. The summed E-state index contributed by atoms with van der Waals surface area (Å²) in [6.07, 6.45) is 1.10. The number of nitrogens with one attached hydrogen (secondary N) is 1. The molecule has 0 atom stereocenters. The minimum Gasteiger partial charge on any atom is -0.497 e. The van der Waals surface area contributed by atoms with Gasteiger partial charge in [0.2, 0.25) is 0 Å². The van der Waals surface area contributed by atoms with E-state index in [0.29, 0.717) is 10.0 Å². The van der Waals surface area contributed by atoms with Gasteiger partial charge >= 0.3 is 0 Å². The summed E-state index contributed by atoms with van der Waals surface area (Å²) in [5.41, 5.74) is 3.24. The maximum atomic E-state index is 6.33. The Morgan fingerprint density at radius 3 is 2.48 bits per heavy atom. The molecule has 0 saturated carbocycles. The molecule has 1 N–H and O–H groups in total. The smallest absolute Gasteiger partial charge is 0.119 e. The van der Waals surface area contributed by atoms with Gasteiger partial charge in [-0.25, -0.2) is 0 Å². The van der Waals surface area contributed by atoms with E-state index in [2.05, 4.69) is 12.2 Å². The molecule has 0 aromatic heterocycles. The van der Waals surface area contributed by atoms with Gasteiger partial charge in [0.1, 0.15) is 5.75 Å². The number of halogens is 2. The summed E-state index contributed by atoms with van der Waals surface area (Å²) in [4.78, 5) is 0. The summed E-state index contributed by atoms with van der Waals surface area (Å²) in [6.45, 7) is 3.90. The van der Waals surface area contributed by atoms with E-state index in [1.54, 1.807) is 13.2 Å². The zero-order valence-electron chi connectivity index (χ0n) is 12.2. The minimum absolute atomic E-state index is 0.642. The van der Waals surface area contributed by atoms with E-state index in [1.807, 2.05) is 30.3 Å². The van der Waals surface area contributed by atoms with Crippen molar-refractivity contribution in [3.8, 4) is 16.9 Å². The molecule has 4 heteroatoms. The first kappa shape index (κ1) is 16.2. The van der Waals surface area contributed by atoms with Gasteiger partial charge in [0.05, 0.1) is 7.11 Å². The van der Waals surface area contributed by atoms with Crippen molar-refractivity contribution in [1.82, 2.24) is 5.32 Å². The number of hydrogen-bond acceptors (Lipinski definition) is 2. The first-order valence-corrected chi connectivity index (χ1v) is 7.74. The molecule has 0 bridgehead atoms. The molecule has 2 nitrogen and oxygen atoms in total. The average molecular weight is 324 g/mol. The Labute approximate surface area is 136 Å². The maximum absolute atomic E-state index is 6.33. The van der Waals surface area contributed by atoms with Crippen molar-refractivity contribution in [2.45, 2.75) is 19.9 Å². The quantitative estimate of drug-likeness (QED) is 0.740. The lowest BCUT2D eigenvalue weighted by Crippen LogP contribution is -2.14. The predicted octanol–water partition coefficient (Wildman–Crippen LogP) is 5.17. The summed E-state index contributed by atoms with van der Waals surface area (Å²) in [5, 5.41) is 4.72. The Bertz CT molecular complexity index is 614. The second kappa shape index (κ2) is 7.69. The maximum Gasteiger partial charge on any atom is 0.119 e. The lowest BCUT2D eigenvalue weighted by atomic mass is 9.99. The average Bonchev–Trinajstić information content (AvgIpc) is 2.48. The van der Waals surface area contributed by atoms with Crippen LogP contribution in [0.2, 0.25) is 10.0 Å². The molecule has 21 heavy (non-hydrogen) atoms. The minimum atomic E-state index is 0.642. The molecule has 2 aromatic carbocycles. The first-order chi connectivity index (χ1) is 10.2. The van der Waals surface area contributed by atoms with E-state index < -0.39 is 0 Å². The van der Waals surface area contributed by atoms with Crippen LogP contribution in [0.4, 0.5) is 0 Å². The number of hydrogen-bond donors (Lipinski definition) is 1. The summed E-state index contributed by atoms with van der Waals surface area (Å²) in [7, 11) is 1.67. The molecule has 0 aliphatic rings. The third-order valence-corrected chi connectivity index (χ3v) is 3.82. The van der Waals surface area contributed by atoms with Crippen molar-refractivity contribution < 1.29 is 4.74 Å². The molecule has 0 aliphatic heterocycles. The molecule has 0 fully saturated rings. The molecule has 0 saturated heterocycles. The van der Waals surface area contributed by atoms with Gasteiger partial charge in [-0.1, -0.05) is 42.3 Å². The Morgan fingerprint density at radius 2 is 1.81 bits per heavy atom. The van der Waals surface area contributed by atoms with Crippen molar-refractivity contribution in [2.75, 3.05) is 13.7 Å². The van der Waals surface area contributed by atoms with Gasteiger partial charge < -0.3 is 10.1 Å². The molecule has 2 aromatic rings. The zero-order valence-corrected chi connectivity index (χ0v) is 13.8. The molecule has 0 spiro atoms. The molecule has 0 heterocycles. The third-order valence-electron chi connectivity index (χ3n) is 3.28. The van der Waals surface area contributed by atoms with E-state index in [0.717, 1.165) is 42.0 Å². The summed E-state index contributed by atoms with van der Waals surface area (Å²) in [5.74, 6) is 0.845. The fourth-order valence-corrected chi connectivity index (χ4v) is 2.72. The zero-order chi connectivity index (χ0) is 15.2. The molecular weight excluding hydrogens is 305 g/mol. The highest BCUT2D eigenvalue weighted by atomic mass is 35.5. The summed E-state index contributed by atoms with van der Waals surface area (Å²) in [6, 6.07) is 11.6. The highest BCUT2D eigenvalue weighted by Gasteiger charge is 2.10. The third kappa shape index (κ3) is 4.13. The second-order valence-corrected chi connectivity index (χ2v) is 5.67. The molecule has 112 valence electrons. The molecule has 2 rings (SSSR count). The van der Waals surface area contributed by atoms with Crippen LogP contribution in [-0.4, -0.2) is 13.7 Å². The van der Waals surface area contributed by atoms with Crippen LogP contribution in [0.15, 0.2) is 36.4 Å². The van der Waals surface area contributed by atoms with Crippen LogP contribution >= 0.6 is 23.2 Å². The van der Waals surface area contributed by atoms with Gasteiger partial charge in [0, 0.05) is 22.2 Å². The van der Waals surface area contributed by atoms with Crippen LogP contribution in [0.3, 0.4) is 0 Å². The molecule has 0 aliphatic carbocycles. The fourth-order valence-electron chi connectivity index (χ4n) is 2.21. The predicted molar refractivity (Wildman–Crippen MR) is 90.4 cm³/mol. The highest BCUT2D eigenvalue weighted by Crippen LogP contribution is 2.34. The van der Waals surface area contributed by atoms with Gasteiger partial charge in [-0.3, -0.25) is 0 Å². The Balaban J connectivity index is 2.40. The largest absolute Gasteiger partial charge is 0.497 e. The van der Waals surface area contributed by atoms with Crippen LogP contribution in [-0.2, 0) is 6.54 Å². The van der Waals surface area contributed by atoms with Crippen LogP contribution in [0.25, 0.3) is 11.1 Å². The summed E-state index contributed by atoms with van der Waals surface area (Å²) < 4.78 is 5.32. The lowest BCUT2D eigenvalue weighted by molar-refractivity contribution is 0.414. The number of rotatable bonds is 6. The highest BCUT2D eigenvalue weighted by molar-refractivity contribution is 6.36. The van der Waals surface area contributed by atoms with Crippen LogP contribution in [0.1, 0.15) is 18.9 Å². The van der Waals surface area contributed by atoms with Crippen LogP contribution in [0, 0.1) is 0 Å². The second-order valence-electron chi connectivity index (χ2n) is 4.82. The normalized spacial score (nSPS) is 10.7. The van der Waals surface area contributed by atoms with Gasteiger partial charge in [-0.05, 0) is 48.4 Å². The van der Waals surface area contributed by atoms with Gasteiger partial charge in [0.25, 0.3) is 0 Å². The van der Waals surface area contributed by atoms with E-state index in [-0.39, 0.29) is 0 Å². The number of benzene rings is 2. The van der Waals surface area contributed by atoms with Crippen molar-refractivity contribution in [3.63, 3.8) is 0 Å². The number of ether oxygens (including phenoxy) is 1. The Hall–Kier alpha value is -1.22. The Kier molecular flexibility index (Phi) is 5.92. The summed E-state index contributed by atoms with van der Waals surface area (Å²) >= 11 is 12.3. The van der Waals surface area contributed by atoms with E-state index in [9.17, 15) is 0 Å².